The van der Waals surface area contributed by atoms with Gasteiger partial charge >= 0.3 is 0 Å². The third-order valence-electron chi connectivity index (χ3n) is 2.70. The number of halogens is 2. The van der Waals surface area contributed by atoms with Crippen molar-refractivity contribution in [2.24, 2.45) is 0 Å². The Morgan fingerprint density at radius 3 is 2.60 bits per heavy atom. The van der Waals surface area contributed by atoms with Crippen LogP contribution in [0.15, 0.2) is 30.6 Å². The molecule has 0 saturated carbocycles. The number of nitrogens with one attached hydrogen (secondary N) is 2. The quantitative estimate of drug-likeness (QED) is 0.757. The van der Waals surface area contributed by atoms with Crippen molar-refractivity contribution in [3.05, 3.63) is 40.6 Å². The van der Waals surface area contributed by atoms with Crippen molar-refractivity contribution in [2.75, 3.05) is 17.2 Å². The Balaban J connectivity index is 2.05. The van der Waals surface area contributed by atoms with Crippen LogP contribution in [0.2, 0.25) is 10.0 Å². The first-order valence-corrected chi connectivity index (χ1v) is 7.22. The summed E-state index contributed by atoms with van der Waals surface area (Å²) in [7, 11) is 0. The van der Waals surface area contributed by atoms with E-state index in [1.54, 1.807) is 12.1 Å². The lowest BCUT2D eigenvalue weighted by Gasteiger charge is -2.09. The van der Waals surface area contributed by atoms with Crippen LogP contribution in [-0.4, -0.2) is 16.5 Å². The molecule has 0 unspecified atom stereocenters. The summed E-state index contributed by atoms with van der Waals surface area (Å²) < 4.78 is 0. The SMILES string of the molecule is CCCCNc1cc(Nc2ccc(Cl)c(Cl)c2)ncn1. The molecule has 4 nitrogen and oxygen atoms in total. The fourth-order valence-electron chi connectivity index (χ4n) is 1.64. The largest absolute Gasteiger partial charge is 0.370 e. The monoisotopic (exact) mass is 310 g/mol. The summed E-state index contributed by atoms with van der Waals surface area (Å²) in [5, 5.41) is 7.46. The van der Waals surface area contributed by atoms with Gasteiger partial charge in [-0.05, 0) is 24.6 Å². The first-order chi connectivity index (χ1) is 9.69. The van der Waals surface area contributed by atoms with E-state index < -0.39 is 0 Å². The van der Waals surface area contributed by atoms with Gasteiger partial charge in [-0.25, -0.2) is 9.97 Å². The first kappa shape index (κ1) is 14.9. The van der Waals surface area contributed by atoms with Crippen LogP contribution in [0.1, 0.15) is 19.8 Å². The van der Waals surface area contributed by atoms with Gasteiger partial charge in [0.1, 0.15) is 18.0 Å². The molecule has 2 rings (SSSR count). The zero-order valence-electron chi connectivity index (χ0n) is 11.2. The highest BCUT2D eigenvalue weighted by Gasteiger charge is 2.02. The summed E-state index contributed by atoms with van der Waals surface area (Å²) in [6.07, 6.45) is 3.78. The average Bonchev–Trinajstić information content (AvgIpc) is 2.44. The molecule has 0 aliphatic carbocycles. The van der Waals surface area contributed by atoms with Crippen molar-refractivity contribution in [3.8, 4) is 0 Å². The van der Waals surface area contributed by atoms with E-state index in [1.165, 1.54) is 6.33 Å². The van der Waals surface area contributed by atoms with Crippen LogP contribution in [0.25, 0.3) is 0 Å². The minimum absolute atomic E-state index is 0.506. The molecule has 0 spiro atoms. The smallest absolute Gasteiger partial charge is 0.135 e. The van der Waals surface area contributed by atoms with Crippen LogP contribution in [-0.2, 0) is 0 Å². The van der Waals surface area contributed by atoms with Crippen LogP contribution < -0.4 is 10.6 Å². The van der Waals surface area contributed by atoms with E-state index >= 15 is 0 Å². The van der Waals surface area contributed by atoms with E-state index in [-0.39, 0.29) is 0 Å². The van der Waals surface area contributed by atoms with Crippen LogP contribution >= 0.6 is 23.2 Å². The minimum Gasteiger partial charge on any atom is -0.370 e. The Labute approximate surface area is 128 Å². The van der Waals surface area contributed by atoms with Crippen molar-refractivity contribution >= 4 is 40.5 Å². The molecule has 0 atom stereocenters. The van der Waals surface area contributed by atoms with E-state index in [4.69, 9.17) is 23.2 Å². The molecular formula is C14H16Cl2N4. The maximum atomic E-state index is 5.98. The molecule has 0 saturated heterocycles. The van der Waals surface area contributed by atoms with Crippen LogP contribution in [0.4, 0.5) is 17.3 Å². The Bertz CT molecular complexity index is 575. The number of nitrogens with zero attached hydrogens (tertiary/aromatic N) is 2. The van der Waals surface area contributed by atoms with E-state index in [1.807, 2.05) is 12.1 Å². The third kappa shape index (κ3) is 4.25. The third-order valence-corrected chi connectivity index (χ3v) is 3.43. The van der Waals surface area contributed by atoms with Gasteiger partial charge in [-0.3, -0.25) is 0 Å². The van der Waals surface area contributed by atoms with Gasteiger partial charge < -0.3 is 10.6 Å². The molecule has 2 N–H and O–H groups in total. The molecule has 0 aliphatic rings. The van der Waals surface area contributed by atoms with Crippen LogP contribution in [0.3, 0.4) is 0 Å². The molecule has 0 fully saturated rings. The van der Waals surface area contributed by atoms with Gasteiger partial charge in [0.25, 0.3) is 0 Å². The van der Waals surface area contributed by atoms with Gasteiger partial charge in [0.05, 0.1) is 10.0 Å². The highest BCUT2D eigenvalue weighted by atomic mass is 35.5. The molecule has 6 heteroatoms. The topological polar surface area (TPSA) is 49.8 Å². The van der Waals surface area contributed by atoms with Crippen LogP contribution in [0, 0.1) is 0 Å². The lowest BCUT2D eigenvalue weighted by molar-refractivity contribution is 0.830. The molecule has 2 aromatic rings. The molecule has 0 aliphatic heterocycles. The molecule has 0 radical (unpaired) electrons. The number of unbranched alkanes of at least 4 members (excludes halogenated alkanes) is 1. The van der Waals surface area contributed by atoms with E-state index in [9.17, 15) is 0 Å². The Hall–Kier alpha value is -1.52. The zero-order valence-corrected chi connectivity index (χ0v) is 12.7. The molecule has 20 heavy (non-hydrogen) atoms. The molecule has 1 aromatic carbocycles. The summed E-state index contributed by atoms with van der Waals surface area (Å²) in [5.41, 5.74) is 0.831. The Morgan fingerprint density at radius 1 is 1.05 bits per heavy atom. The van der Waals surface area contributed by atoms with Gasteiger partial charge in [0.2, 0.25) is 0 Å². The number of hydrogen-bond acceptors (Lipinski definition) is 4. The number of rotatable bonds is 6. The summed E-state index contributed by atoms with van der Waals surface area (Å²) >= 11 is 11.9. The summed E-state index contributed by atoms with van der Waals surface area (Å²) in [5.74, 6) is 1.51. The molecule has 1 aromatic heterocycles. The van der Waals surface area contributed by atoms with Gasteiger partial charge in [-0.15, -0.1) is 0 Å². The normalized spacial score (nSPS) is 10.3. The average molecular weight is 311 g/mol. The predicted molar refractivity (Wildman–Crippen MR) is 85.2 cm³/mol. The fraction of sp³-hybridized carbons (Fsp3) is 0.286. The number of aromatic nitrogens is 2. The van der Waals surface area contributed by atoms with Crippen molar-refractivity contribution in [1.82, 2.24) is 9.97 Å². The maximum absolute atomic E-state index is 5.98. The number of hydrogen-bond donors (Lipinski definition) is 2. The standard InChI is InChI=1S/C14H16Cl2N4/c1-2-3-6-17-13-8-14(19-9-18-13)20-10-4-5-11(15)12(16)7-10/h4-5,7-9H,2-3,6H2,1H3,(H2,17,18,19,20). The maximum Gasteiger partial charge on any atom is 0.135 e. The fourth-order valence-corrected chi connectivity index (χ4v) is 1.94. The molecule has 0 bridgehead atoms. The summed E-state index contributed by atoms with van der Waals surface area (Å²) in [6, 6.07) is 7.21. The van der Waals surface area contributed by atoms with E-state index in [0.717, 1.165) is 30.9 Å². The number of benzene rings is 1. The van der Waals surface area contributed by atoms with Gasteiger partial charge in [0, 0.05) is 18.3 Å². The lowest BCUT2D eigenvalue weighted by atomic mass is 10.3. The van der Waals surface area contributed by atoms with Crippen molar-refractivity contribution in [3.63, 3.8) is 0 Å². The zero-order chi connectivity index (χ0) is 14.4. The van der Waals surface area contributed by atoms with Gasteiger partial charge in [-0.1, -0.05) is 36.5 Å². The molecular weight excluding hydrogens is 295 g/mol. The summed E-state index contributed by atoms with van der Waals surface area (Å²) in [4.78, 5) is 8.35. The van der Waals surface area contributed by atoms with Gasteiger partial charge in [-0.2, -0.15) is 0 Å². The number of anilines is 3. The predicted octanol–water partition coefficient (Wildman–Crippen LogP) is 4.74. The second-order valence-corrected chi connectivity index (χ2v) is 5.14. The van der Waals surface area contributed by atoms with Crippen molar-refractivity contribution < 1.29 is 0 Å². The van der Waals surface area contributed by atoms with Crippen molar-refractivity contribution in [1.29, 1.82) is 0 Å². The second-order valence-electron chi connectivity index (χ2n) is 4.32. The highest BCUT2D eigenvalue weighted by Crippen LogP contribution is 2.26. The second kappa shape index (κ2) is 7.31. The lowest BCUT2D eigenvalue weighted by Crippen LogP contribution is -2.04. The highest BCUT2D eigenvalue weighted by molar-refractivity contribution is 6.42. The molecule has 106 valence electrons. The van der Waals surface area contributed by atoms with Crippen molar-refractivity contribution in [2.45, 2.75) is 19.8 Å². The Morgan fingerprint density at radius 2 is 1.85 bits per heavy atom. The van der Waals surface area contributed by atoms with E-state index in [2.05, 4.69) is 27.5 Å². The molecule has 1 heterocycles. The first-order valence-electron chi connectivity index (χ1n) is 6.47. The van der Waals surface area contributed by atoms with E-state index in [0.29, 0.717) is 15.9 Å². The van der Waals surface area contributed by atoms with Gasteiger partial charge in [0.15, 0.2) is 0 Å². The minimum atomic E-state index is 0.506. The van der Waals surface area contributed by atoms with Crippen LogP contribution in [0.5, 0.6) is 0 Å². The Kier molecular flexibility index (Phi) is 5.44. The summed E-state index contributed by atoms with van der Waals surface area (Å²) in [6.45, 7) is 3.05. The molecule has 0 amide bonds.